The van der Waals surface area contributed by atoms with Gasteiger partial charge < -0.3 is 4.74 Å². The van der Waals surface area contributed by atoms with Crippen LogP contribution in [-0.4, -0.2) is 51.2 Å². The third kappa shape index (κ3) is 3.99. The predicted octanol–water partition coefficient (Wildman–Crippen LogP) is 4.94. The maximum atomic E-state index is 14.2. The zero-order valence-corrected chi connectivity index (χ0v) is 19.4. The van der Waals surface area contributed by atoms with E-state index in [4.69, 9.17) is 4.74 Å². The summed E-state index contributed by atoms with van der Waals surface area (Å²) in [5.41, 5.74) is 1.08. The van der Waals surface area contributed by atoms with Crippen molar-refractivity contribution in [2.75, 3.05) is 19.7 Å². The number of piperidine rings is 2. The summed E-state index contributed by atoms with van der Waals surface area (Å²) in [5.74, 6) is -0.451. The highest BCUT2D eigenvalue weighted by molar-refractivity contribution is 5.88. The van der Waals surface area contributed by atoms with Gasteiger partial charge in [0.25, 0.3) is 0 Å². The van der Waals surface area contributed by atoms with Crippen LogP contribution in [0.15, 0.2) is 30.3 Å². The molecule has 0 saturated carbocycles. The third-order valence-electron chi connectivity index (χ3n) is 7.75. The number of esters is 1. The Labute approximate surface area is 201 Å². The van der Waals surface area contributed by atoms with Crippen molar-refractivity contribution >= 4 is 11.6 Å². The molecule has 0 bridgehead atoms. The van der Waals surface area contributed by atoms with Gasteiger partial charge >= 0.3 is 12.1 Å². The second-order valence-corrected chi connectivity index (χ2v) is 9.84. The molecule has 1 aromatic carbocycles. The van der Waals surface area contributed by atoms with Crippen LogP contribution in [0.5, 0.6) is 0 Å². The smallest absolute Gasteiger partial charge is 0.433 e. The molecule has 9 heteroatoms. The molecule has 2 atom stereocenters. The van der Waals surface area contributed by atoms with E-state index in [9.17, 15) is 18.0 Å². The Morgan fingerprint density at radius 3 is 2.77 bits per heavy atom. The molecule has 4 heterocycles. The van der Waals surface area contributed by atoms with Gasteiger partial charge in [0.1, 0.15) is 0 Å². The predicted molar refractivity (Wildman–Crippen MR) is 123 cm³/mol. The molecular weight excluding hydrogens is 457 g/mol. The first-order chi connectivity index (χ1) is 16.9. The lowest BCUT2D eigenvalue weighted by Gasteiger charge is -2.44. The number of hydrogen-bond donors (Lipinski definition) is 0. The number of aryl methyl sites for hydroxylation is 1. The van der Waals surface area contributed by atoms with Crippen LogP contribution in [0.3, 0.4) is 0 Å². The topological polar surface area (TPSA) is 59.7 Å². The lowest BCUT2D eigenvalue weighted by Crippen LogP contribution is -2.49. The number of alkyl halides is 3. The number of nitrogens with zero attached hydrogens (tertiary/aromatic N) is 4. The van der Waals surface area contributed by atoms with Crippen LogP contribution in [0.25, 0.3) is 16.9 Å². The molecule has 3 aromatic rings. The molecule has 0 spiro atoms. The van der Waals surface area contributed by atoms with E-state index in [1.54, 1.807) is 12.1 Å². The fourth-order valence-electron chi connectivity index (χ4n) is 6.15. The van der Waals surface area contributed by atoms with Gasteiger partial charge in [-0.3, -0.25) is 4.90 Å². The monoisotopic (exact) mass is 484 g/mol. The molecular formula is C26H27F3N4O2. The van der Waals surface area contributed by atoms with Gasteiger partial charge in [0, 0.05) is 29.2 Å². The van der Waals surface area contributed by atoms with E-state index in [0.29, 0.717) is 23.7 Å². The summed E-state index contributed by atoms with van der Waals surface area (Å²) in [4.78, 5) is 19.9. The van der Waals surface area contributed by atoms with E-state index in [1.807, 2.05) is 12.1 Å². The van der Waals surface area contributed by atoms with Crippen LogP contribution >= 0.6 is 0 Å². The van der Waals surface area contributed by atoms with Crippen molar-refractivity contribution < 1.29 is 22.7 Å². The van der Waals surface area contributed by atoms with Crippen molar-refractivity contribution in [1.82, 2.24) is 19.5 Å². The van der Waals surface area contributed by atoms with Gasteiger partial charge in [-0.15, -0.1) is 0 Å². The van der Waals surface area contributed by atoms with E-state index in [2.05, 4.69) is 15.0 Å². The van der Waals surface area contributed by atoms with Crippen molar-refractivity contribution in [1.29, 1.82) is 0 Å². The Bertz CT molecular complexity index is 1280. The Kier molecular flexibility index (Phi) is 5.55. The van der Waals surface area contributed by atoms with Crippen LogP contribution in [0, 0.1) is 5.92 Å². The molecule has 35 heavy (non-hydrogen) atoms. The maximum absolute atomic E-state index is 14.2. The summed E-state index contributed by atoms with van der Waals surface area (Å²) in [5, 5.41) is 4.04. The van der Waals surface area contributed by atoms with Gasteiger partial charge in [-0.2, -0.15) is 18.3 Å². The fraction of sp³-hybridized carbons (Fsp3) is 0.500. The van der Waals surface area contributed by atoms with Crippen LogP contribution in [-0.2, 0) is 23.8 Å². The fourth-order valence-corrected chi connectivity index (χ4v) is 6.15. The average molecular weight is 485 g/mol. The highest BCUT2D eigenvalue weighted by Gasteiger charge is 2.40. The van der Waals surface area contributed by atoms with Crippen LogP contribution < -0.4 is 0 Å². The van der Waals surface area contributed by atoms with Crippen LogP contribution in [0.2, 0.25) is 0 Å². The number of carbonyl (C=O) groups is 1. The molecule has 0 N–H and O–H groups in total. The number of halogens is 3. The number of benzene rings is 1. The Balaban J connectivity index is 1.32. The van der Waals surface area contributed by atoms with Gasteiger partial charge in [0.15, 0.2) is 17.0 Å². The molecule has 0 unspecified atom stereocenters. The van der Waals surface area contributed by atoms with Gasteiger partial charge in [-0.05, 0) is 57.2 Å². The first-order valence-corrected chi connectivity index (χ1v) is 12.4. The van der Waals surface area contributed by atoms with Gasteiger partial charge in [0.2, 0.25) is 0 Å². The molecule has 0 amide bonds. The summed E-state index contributed by atoms with van der Waals surface area (Å²) in [6.45, 7) is 2.43. The number of rotatable bonds is 3. The summed E-state index contributed by atoms with van der Waals surface area (Å²) in [6.07, 6.45) is 1.60. The Morgan fingerprint density at radius 2 is 1.91 bits per heavy atom. The van der Waals surface area contributed by atoms with Crippen molar-refractivity contribution in [3.05, 3.63) is 52.8 Å². The van der Waals surface area contributed by atoms with Crippen molar-refractivity contribution in [2.45, 2.75) is 57.2 Å². The average Bonchev–Trinajstić information content (AvgIpc) is 3.28. The molecule has 184 valence electrons. The molecule has 0 radical (unpaired) electrons. The second kappa shape index (κ2) is 8.62. The zero-order valence-electron chi connectivity index (χ0n) is 19.4. The van der Waals surface area contributed by atoms with Gasteiger partial charge in [-0.25, -0.2) is 14.3 Å². The minimum Gasteiger partial charge on any atom is -0.461 e. The molecule has 3 aliphatic rings. The van der Waals surface area contributed by atoms with Crippen LogP contribution in [0.4, 0.5) is 13.2 Å². The summed E-state index contributed by atoms with van der Waals surface area (Å²) >= 11 is 0. The Morgan fingerprint density at radius 1 is 1.09 bits per heavy atom. The molecule has 2 aliphatic heterocycles. The normalized spacial score (nSPS) is 22.4. The van der Waals surface area contributed by atoms with E-state index >= 15 is 0 Å². The number of carbonyl (C=O) groups excluding carboxylic acids is 1. The first kappa shape index (κ1) is 22.5. The van der Waals surface area contributed by atoms with Gasteiger partial charge in [0.05, 0.1) is 12.3 Å². The molecule has 1 aliphatic carbocycles. The summed E-state index contributed by atoms with van der Waals surface area (Å²) < 4.78 is 49.1. The largest absolute Gasteiger partial charge is 0.461 e. The minimum absolute atomic E-state index is 0.00384. The molecule has 6 rings (SSSR count). The quantitative estimate of drug-likeness (QED) is 0.493. The number of hydrogen-bond acceptors (Lipinski definition) is 5. The van der Waals surface area contributed by atoms with Crippen LogP contribution in [0.1, 0.15) is 59.4 Å². The third-order valence-corrected chi connectivity index (χ3v) is 7.75. The molecule has 2 saturated heterocycles. The Hall–Kier alpha value is -2.94. The minimum atomic E-state index is -4.64. The molecule has 6 nitrogen and oxygen atoms in total. The number of aromatic nitrogens is 3. The van der Waals surface area contributed by atoms with Crippen molar-refractivity contribution in [2.24, 2.45) is 5.92 Å². The first-order valence-electron chi connectivity index (χ1n) is 12.4. The van der Waals surface area contributed by atoms with Gasteiger partial charge in [-0.1, -0.05) is 30.7 Å². The molecule has 2 fully saturated rings. The highest BCUT2D eigenvalue weighted by Crippen LogP contribution is 2.40. The lowest BCUT2D eigenvalue weighted by atomic mass is 9.84. The number of ether oxygens (including phenoxy) is 1. The van der Waals surface area contributed by atoms with Crippen molar-refractivity contribution in [3.63, 3.8) is 0 Å². The standard InChI is InChI=1S/C26H27F3N4O2/c27-26(28,29)24-19-11-10-16-6-1-2-8-18(16)23(19)30-22-14-20(31-33(22)24)25(34)35-15-17-7-5-13-32-12-4-3-9-21(17)32/h1-2,6,8,14,17,21H,3-5,7,9-13,15H2/t17-,21-/m1/s1. The summed E-state index contributed by atoms with van der Waals surface area (Å²) in [6, 6.07) is 9.10. The highest BCUT2D eigenvalue weighted by atomic mass is 19.4. The second-order valence-electron chi connectivity index (χ2n) is 9.84. The van der Waals surface area contributed by atoms with E-state index in [0.717, 1.165) is 42.4 Å². The lowest BCUT2D eigenvalue weighted by molar-refractivity contribution is -0.143. The van der Waals surface area contributed by atoms with E-state index in [1.165, 1.54) is 18.9 Å². The molecule has 2 aromatic heterocycles. The maximum Gasteiger partial charge on any atom is 0.433 e. The van der Waals surface area contributed by atoms with Crippen molar-refractivity contribution in [3.8, 4) is 11.3 Å². The van der Waals surface area contributed by atoms with E-state index < -0.39 is 17.8 Å². The SMILES string of the molecule is O=C(OC[C@H]1CCCN2CCCC[C@H]12)c1cc2nc3c(c(C(F)(F)F)n2n1)CCc1ccccc1-3. The van der Waals surface area contributed by atoms with E-state index in [-0.39, 0.29) is 35.9 Å². The zero-order chi connectivity index (χ0) is 24.2. The number of fused-ring (bicyclic) bond motifs is 5. The summed E-state index contributed by atoms with van der Waals surface area (Å²) in [7, 11) is 0.